The van der Waals surface area contributed by atoms with Gasteiger partial charge in [0.15, 0.2) is 17.5 Å². The van der Waals surface area contributed by atoms with E-state index < -0.39 is 0 Å². The summed E-state index contributed by atoms with van der Waals surface area (Å²) >= 11 is 1.85. The Labute approximate surface area is 251 Å². The zero-order valence-corrected chi connectivity index (χ0v) is 23.8. The van der Waals surface area contributed by atoms with Crippen LogP contribution in [0.15, 0.2) is 140 Å². The van der Waals surface area contributed by atoms with Crippen LogP contribution in [0.1, 0.15) is 0 Å². The van der Waals surface area contributed by atoms with Crippen molar-refractivity contribution in [2.75, 3.05) is 0 Å². The van der Waals surface area contributed by atoms with Crippen LogP contribution in [0.4, 0.5) is 0 Å². The lowest BCUT2D eigenvalue weighted by atomic mass is 9.98. The highest BCUT2D eigenvalue weighted by molar-refractivity contribution is 7.27. The molecule has 4 heteroatoms. The van der Waals surface area contributed by atoms with Crippen LogP contribution < -0.4 is 0 Å². The van der Waals surface area contributed by atoms with Crippen LogP contribution in [0.2, 0.25) is 0 Å². The normalized spacial score (nSPS) is 11.7. The minimum Gasteiger partial charge on any atom is -0.208 e. The largest absolute Gasteiger partial charge is 0.208 e. The van der Waals surface area contributed by atoms with E-state index in [0.717, 1.165) is 22.1 Å². The number of thiophene rings is 1. The van der Waals surface area contributed by atoms with Crippen molar-refractivity contribution in [2.45, 2.75) is 0 Å². The van der Waals surface area contributed by atoms with Gasteiger partial charge >= 0.3 is 0 Å². The SMILES string of the molecule is c1ccc(-c2nc(-c3ccc4ccccc4c3)nc(-c3cccc4sc5c(ccc6ccc7ccccc7c65)c34)n2)cc1. The highest BCUT2D eigenvalue weighted by atomic mass is 32.1. The molecular formula is C39H23N3S. The first-order valence-corrected chi connectivity index (χ1v) is 15.2. The molecular weight excluding hydrogens is 543 g/mol. The molecule has 9 aromatic rings. The Morgan fingerprint density at radius 3 is 1.95 bits per heavy atom. The smallest absolute Gasteiger partial charge is 0.164 e. The van der Waals surface area contributed by atoms with Gasteiger partial charge in [-0.25, -0.2) is 15.0 Å². The van der Waals surface area contributed by atoms with Crippen LogP contribution in [0.25, 0.3) is 86.7 Å². The fourth-order valence-electron chi connectivity index (χ4n) is 6.23. The van der Waals surface area contributed by atoms with Gasteiger partial charge in [0.05, 0.1) is 0 Å². The van der Waals surface area contributed by atoms with Gasteiger partial charge in [0.2, 0.25) is 0 Å². The van der Waals surface area contributed by atoms with E-state index in [4.69, 9.17) is 15.0 Å². The Balaban J connectivity index is 1.33. The van der Waals surface area contributed by atoms with E-state index in [9.17, 15) is 0 Å². The summed E-state index contributed by atoms with van der Waals surface area (Å²) in [6, 6.07) is 49.1. The Morgan fingerprint density at radius 2 is 1.07 bits per heavy atom. The van der Waals surface area contributed by atoms with Crippen molar-refractivity contribution in [1.82, 2.24) is 15.0 Å². The third-order valence-corrected chi connectivity index (χ3v) is 9.47. The molecule has 9 rings (SSSR count). The summed E-state index contributed by atoms with van der Waals surface area (Å²) in [7, 11) is 0. The highest BCUT2D eigenvalue weighted by Crippen LogP contribution is 2.44. The van der Waals surface area contributed by atoms with Crippen molar-refractivity contribution < 1.29 is 0 Å². The standard InChI is InChI=1S/C39H23N3S/c1-2-11-27(12-3-1)37-40-38(29-20-17-24-9-4-5-13-28(24)23-29)42-39(41-37)32-15-8-16-33-35(32)31-22-21-26-19-18-25-10-6-7-14-30(25)34(26)36(31)43-33/h1-23H. The molecule has 0 atom stereocenters. The first-order chi connectivity index (χ1) is 21.3. The lowest BCUT2D eigenvalue weighted by Crippen LogP contribution is -2.00. The zero-order chi connectivity index (χ0) is 28.3. The maximum Gasteiger partial charge on any atom is 0.164 e. The number of fused-ring (bicyclic) bond motifs is 8. The molecule has 200 valence electrons. The van der Waals surface area contributed by atoms with Crippen molar-refractivity contribution in [1.29, 1.82) is 0 Å². The lowest BCUT2D eigenvalue weighted by Gasteiger charge is -2.10. The number of rotatable bonds is 3. The number of nitrogens with zero attached hydrogens (tertiary/aromatic N) is 3. The molecule has 0 radical (unpaired) electrons. The molecule has 0 spiro atoms. The summed E-state index contributed by atoms with van der Waals surface area (Å²) in [5, 5.41) is 9.87. The Bertz CT molecular complexity index is 2510. The summed E-state index contributed by atoms with van der Waals surface area (Å²) in [6.45, 7) is 0. The minimum atomic E-state index is 0.668. The summed E-state index contributed by atoms with van der Waals surface area (Å²) in [5.74, 6) is 2.02. The Kier molecular flexibility index (Phi) is 5.37. The summed E-state index contributed by atoms with van der Waals surface area (Å²) in [6.07, 6.45) is 0. The Morgan fingerprint density at radius 1 is 0.395 bits per heavy atom. The van der Waals surface area contributed by atoms with E-state index in [2.05, 4.69) is 121 Å². The van der Waals surface area contributed by atoms with Crippen LogP contribution in [-0.2, 0) is 0 Å². The van der Waals surface area contributed by atoms with Gasteiger partial charge in [-0.2, -0.15) is 0 Å². The van der Waals surface area contributed by atoms with Crippen molar-refractivity contribution in [3.05, 3.63) is 140 Å². The van der Waals surface area contributed by atoms with Gasteiger partial charge in [0.25, 0.3) is 0 Å². The van der Waals surface area contributed by atoms with Crippen LogP contribution in [0, 0.1) is 0 Å². The average Bonchev–Trinajstić information content (AvgIpc) is 3.47. The van der Waals surface area contributed by atoms with Crippen molar-refractivity contribution >= 4 is 63.8 Å². The summed E-state index contributed by atoms with van der Waals surface area (Å²) in [5.41, 5.74) is 2.96. The predicted molar refractivity (Wildman–Crippen MR) is 182 cm³/mol. The highest BCUT2D eigenvalue weighted by Gasteiger charge is 2.18. The quantitative estimate of drug-likeness (QED) is 0.200. The maximum atomic E-state index is 5.14. The van der Waals surface area contributed by atoms with Crippen molar-refractivity contribution in [3.63, 3.8) is 0 Å². The van der Waals surface area contributed by atoms with Gasteiger partial charge in [-0.1, -0.05) is 127 Å². The fraction of sp³-hybridized carbons (Fsp3) is 0. The lowest BCUT2D eigenvalue weighted by molar-refractivity contribution is 1.08. The van der Waals surface area contributed by atoms with Crippen molar-refractivity contribution in [3.8, 4) is 34.2 Å². The van der Waals surface area contributed by atoms with Gasteiger partial charge in [0, 0.05) is 42.2 Å². The predicted octanol–water partition coefficient (Wildman–Crippen LogP) is 10.7. The molecule has 0 aliphatic carbocycles. The third kappa shape index (κ3) is 3.92. The second-order valence-electron chi connectivity index (χ2n) is 10.8. The van der Waals surface area contributed by atoms with E-state index in [1.54, 1.807) is 0 Å². The van der Waals surface area contributed by atoms with E-state index >= 15 is 0 Å². The fourth-order valence-corrected chi connectivity index (χ4v) is 7.53. The van der Waals surface area contributed by atoms with Crippen LogP contribution in [0.3, 0.4) is 0 Å². The molecule has 0 N–H and O–H groups in total. The van der Waals surface area contributed by atoms with E-state index in [-0.39, 0.29) is 0 Å². The maximum absolute atomic E-state index is 5.14. The molecule has 0 unspecified atom stereocenters. The average molecular weight is 566 g/mol. The number of hydrogen-bond acceptors (Lipinski definition) is 4. The summed E-state index contributed by atoms with van der Waals surface area (Å²) in [4.78, 5) is 15.2. The molecule has 0 fully saturated rings. The van der Waals surface area contributed by atoms with Gasteiger partial charge in [0.1, 0.15) is 0 Å². The number of benzene rings is 7. The molecule has 0 bridgehead atoms. The molecule has 2 aromatic heterocycles. The molecule has 43 heavy (non-hydrogen) atoms. The number of hydrogen-bond donors (Lipinski definition) is 0. The van der Waals surface area contributed by atoms with Gasteiger partial charge in [-0.3, -0.25) is 0 Å². The topological polar surface area (TPSA) is 38.7 Å². The van der Waals surface area contributed by atoms with Gasteiger partial charge in [-0.05, 0) is 39.1 Å². The molecule has 0 aliphatic rings. The second kappa shape index (κ2) is 9.55. The molecule has 0 aliphatic heterocycles. The monoisotopic (exact) mass is 565 g/mol. The van der Waals surface area contributed by atoms with Crippen LogP contribution >= 0.6 is 11.3 Å². The second-order valence-corrected chi connectivity index (χ2v) is 11.9. The summed E-state index contributed by atoms with van der Waals surface area (Å²) < 4.78 is 2.52. The van der Waals surface area contributed by atoms with E-state index in [1.807, 2.05) is 29.5 Å². The van der Waals surface area contributed by atoms with E-state index in [0.29, 0.717) is 17.5 Å². The first-order valence-electron chi connectivity index (χ1n) is 14.4. The first kappa shape index (κ1) is 24.2. The molecule has 7 aromatic carbocycles. The van der Waals surface area contributed by atoms with Crippen molar-refractivity contribution in [2.24, 2.45) is 0 Å². The van der Waals surface area contributed by atoms with E-state index in [1.165, 1.54) is 47.1 Å². The minimum absolute atomic E-state index is 0.668. The number of aromatic nitrogens is 3. The molecule has 3 nitrogen and oxygen atoms in total. The van der Waals surface area contributed by atoms with Gasteiger partial charge < -0.3 is 0 Å². The molecule has 0 saturated heterocycles. The van der Waals surface area contributed by atoms with Crippen LogP contribution in [-0.4, -0.2) is 15.0 Å². The van der Waals surface area contributed by atoms with Gasteiger partial charge in [-0.15, -0.1) is 11.3 Å². The molecule has 0 amide bonds. The Hall–Kier alpha value is -5.45. The zero-order valence-electron chi connectivity index (χ0n) is 23.0. The molecule has 2 heterocycles. The van der Waals surface area contributed by atoms with Crippen LogP contribution in [0.5, 0.6) is 0 Å². The molecule has 0 saturated carbocycles. The third-order valence-electron chi connectivity index (χ3n) is 8.29.